The largest absolute Gasteiger partial charge is 0.481 e. The van der Waals surface area contributed by atoms with Crippen LogP contribution < -0.4 is 5.32 Å². The summed E-state index contributed by atoms with van der Waals surface area (Å²) >= 11 is 0. The zero-order valence-electron chi connectivity index (χ0n) is 12.7. The van der Waals surface area contributed by atoms with Crippen molar-refractivity contribution in [1.82, 2.24) is 10.2 Å². The minimum atomic E-state index is -0.711. The van der Waals surface area contributed by atoms with Gasteiger partial charge in [0.2, 0.25) is 5.91 Å². The van der Waals surface area contributed by atoms with Crippen LogP contribution in [0, 0.1) is 5.92 Å². The Balaban J connectivity index is 2.21. The van der Waals surface area contributed by atoms with Gasteiger partial charge in [-0.05, 0) is 51.1 Å². The smallest absolute Gasteiger partial charge is 0.303 e. The van der Waals surface area contributed by atoms with E-state index in [1.807, 2.05) is 0 Å². The number of nitrogens with one attached hydrogen (secondary N) is 1. The first-order chi connectivity index (χ1) is 9.55. The van der Waals surface area contributed by atoms with Gasteiger partial charge in [-0.25, -0.2) is 0 Å². The molecule has 5 heteroatoms. The van der Waals surface area contributed by atoms with Gasteiger partial charge in [0.1, 0.15) is 0 Å². The zero-order chi connectivity index (χ0) is 15.0. The molecule has 1 fully saturated rings. The molecule has 0 aliphatic carbocycles. The number of hydrogen-bond donors (Lipinski definition) is 2. The van der Waals surface area contributed by atoms with Crippen molar-refractivity contribution in [3.05, 3.63) is 0 Å². The molecule has 1 heterocycles. The molecule has 0 spiro atoms. The fourth-order valence-electron chi connectivity index (χ4n) is 2.73. The number of carbonyl (C=O) groups is 2. The number of carbonyl (C=O) groups excluding carboxylic acids is 1. The molecule has 0 radical (unpaired) electrons. The third kappa shape index (κ3) is 6.37. The van der Waals surface area contributed by atoms with Crippen LogP contribution in [0.15, 0.2) is 0 Å². The monoisotopic (exact) mass is 284 g/mol. The predicted molar refractivity (Wildman–Crippen MR) is 78.5 cm³/mol. The number of aliphatic carboxylic acids is 1. The van der Waals surface area contributed by atoms with Crippen LogP contribution in [0.1, 0.15) is 52.4 Å². The van der Waals surface area contributed by atoms with Crippen LogP contribution in [-0.4, -0.2) is 47.6 Å². The van der Waals surface area contributed by atoms with Crippen LogP contribution in [0.2, 0.25) is 0 Å². The molecular formula is C15H28N2O3. The van der Waals surface area contributed by atoms with Crippen molar-refractivity contribution in [3.8, 4) is 0 Å². The van der Waals surface area contributed by atoms with Crippen LogP contribution in [0.5, 0.6) is 0 Å². The van der Waals surface area contributed by atoms with E-state index in [-0.39, 0.29) is 18.4 Å². The number of carboxylic acids is 1. The van der Waals surface area contributed by atoms with Gasteiger partial charge >= 0.3 is 5.97 Å². The first-order valence-electron chi connectivity index (χ1n) is 7.78. The molecule has 1 aliphatic rings. The Labute approximate surface area is 121 Å². The maximum atomic E-state index is 11.9. The summed E-state index contributed by atoms with van der Waals surface area (Å²) in [5, 5.41) is 11.7. The van der Waals surface area contributed by atoms with Gasteiger partial charge in [0.25, 0.3) is 0 Å². The van der Waals surface area contributed by atoms with Crippen molar-refractivity contribution in [3.63, 3.8) is 0 Å². The van der Waals surface area contributed by atoms with Crippen LogP contribution in [0.25, 0.3) is 0 Å². The molecule has 1 saturated heterocycles. The molecule has 0 aromatic carbocycles. The molecule has 0 unspecified atom stereocenters. The van der Waals surface area contributed by atoms with Crippen molar-refractivity contribution in [2.24, 2.45) is 5.92 Å². The Morgan fingerprint density at radius 1 is 1.25 bits per heavy atom. The Hall–Kier alpha value is -1.10. The van der Waals surface area contributed by atoms with E-state index in [2.05, 4.69) is 24.1 Å². The van der Waals surface area contributed by atoms with Gasteiger partial charge in [-0.15, -0.1) is 0 Å². The summed E-state index contributed by atoms with van der Waals surface area (Å²) in [5.41, 5.74) is 0. The van der Waals surface area contributed by atoms with E-state index < -0.39 is 5.97 Å². The Morgan fingerprint density at radius 3 is 2.35 bits per heavy atom. The third-order valence-corrected chi connectivity index (χ3v) is 4.19. The second-order valence-corrected chi connectivity index (χ2v) is 5.73. The van der Waals surface area contributed by atoms with E-state index in [9.17, 15) is 9.59 Å². The maximum Gasteiger partial charge on any atom is 0.303 e. The van der Waals surface area contributed by atoms with Gasteiger partial charge in [0, 0.05) is 12.5 Å². The molecule has 1 amide bonds. The summed E-state index contributed by atoms with van der Waals surface area (Å²) in [6.07, 6.45) is 4.99. The van der Waals surface area contributed by atoms with Gasteiger partial charge < -0.3 is 10.4 Å². The predicted octanol–water partition coefficient (Wildman–Crippen LogP) is 1.87. The van der Waals surface area contributed by atoms with E-state index in [1.165, 1.54) is 0 Å². The van der Waals surface area contributed by atoms with Gasteiger partial charge in [0.05, 0.1) is 6.54 Å². The fourth-order valence-corrected chi connectivity index (χ4v) is 2.73. The summed E-state index contributed by atoms with van der Waals surface area (Å²) in [4.78, 5) is 24.6. The molecule has 1 aliphatic heterocycles. The van der Waals surface area contributed by atoms with Crippen molar-refractivity contribution in [2.75, 3.05) is 19.6 Å². The summed E-state index contributed by atoms with van der Waals surface area (Å²) < 4.78 is 0. The molecule has 20 heavy (non-hydrogen) atoms. The molecular weight excluding hydrogens is 256 g/mol. The number of hydrogen-bond acceptors (Lipinski definition) is 3. The first kappa shape index (κ1) is 17.0. The number of carboxylic acid groups (broad SMARTS) is 1. The molecule has 0 aromatic rings. The molecule has 0 atom stereocenters. The van der Waals surface area contributed by atoms with Crippen molar-refractivity contribution in [1.29, 1.82) is 0 Å². The fraction of sp³-hybridized carbons (Fsp3) is 0.867. The van der Waals surface area contributed by atoms with E-state index in [0.29, 0.717) is 12.5 Å². The van der Waals surface area contributed by atoms with Gasteiger partial charge in [-0.3, -0.25) is 14.5 Å². The normalized spacial score (nSPS) is 17.4. The summed E-state index contributed by atoms with van der Waals surface area (Å²) in [7, 11) is 0. The highest BCUT2D eigenvalue weighted by molar-refractivity contribution is 5.78. The molecule has 0 saturated carbocycles. The first-order valence-corrected chi connectivity index (χ1v) is 7.78. The zero-order valence-corrected chi connectivity index (χ0v) is 12.7. The Kier molecular flexibility index (Phi) is 7.59. The molecule has 0 aromatic heterocycles. The quantitative estimate of drug-likeness (QED) is 0.714. The Morgan fingerprint density at radius 2 is 1.85 bits per heavy atom. The summed E-state index contributed by atoms with van der Waals surface area (Å²) in [6.45, 7) is 6.45. The highest BCUT2D eigenvalue weighted by atomic mass is 16.4. The summed E-state index contributed by atoms with van der Waals surface area (Å²) in [6, 6.07) is 0.288. The van der Waals surface area contributed by atoms with Gasteiger partial charge in [-0.1, -0.05) is 13.8 Å². The average molecular weight is 284 g/mol. The van der Waals surface area contributed by atoms with Crippen molar-refractivity contribution >= 4 is 11.9 Å². The van der Waals surface area contributed by atoms with Crippen LogP contribution in [0.3, 0.4) is 0 Å². The standard InChI is InChI=1S/C15H28N2O3/c1-3-13(4-2)16-14(18)11-17-9-7-12(8-10-17)5-6-15(19)20/h12-13H,3-11H2,1-2H3,(H,16,18)(H,19,20). The van der Waals surface area contributed by atoms with Crippen LogP contribution in [-0.2, 0) is 9.59 Å². The van der Waals surface area contributed by atoms with Crippen molar-refractivity contribution in [2.45, 2.75) is 58.4 Å². The lowest BCUT2D eigenvalue weighted by atomic mass is 9.92. The lowest BCUT2D eigenvalue weighted by Crippen LogP contribution is -2.44. The average Bonchev–Trinajstić information content (AvgIpc) is 2.44. The lowest BCUT2D eigenvalue weighted by molar-refractivity contribution is -0.137. The van der Waals surface area contributed by atoms with Gasteiger partial charge in [0.15, 0.2) is 0 Å². The molecule has 0 bridgehead atoms. The molecule has 5 nitrogen and oxygen atoms in total. The lowest BCUT2D eigenvalue weighted by Gasteiger charge is -2.31. The minimum absolute atomic E-state index is 0.114. The SMILES string of the molecule is CCC(CC)NC(=O)CN1CCC(CCC(=O)O)CC1. The summed E-state index contributed by atoms with van der Waals surface area (Å²) in [5.74, 6) is -0.0934. The number of rotatable bonds is 8. The minimum Gasteiger partial charge on any atom is -0.481 e. The topological polar surface area (TPSA) is 69.6 Å². The van der Waals surface area contributed by atoms with E-state index in [0.717, 1.165) is 45.2 Å². The van der Waals surface area contributed by atoms with Gasteiger partial charge in [-0.2, -0.15) is 0 Å². The van der Waals surface area contributed by atoms with Crippen molar-refractivity contribution < 1.29 is 14.7 Å². The van der Waals surface area contributed by atoms with Crippen LogP contribution in [0.4, 0.5) is 0 Å². The number of nitrogens with zero attached hydrogens (tertiary/aromatic N) is 1. The van der Waals surface area contributed by atoms with E-state index >= 15 is 0 Å². The second-order valence-electron chi connectivity index (χ2n) is 5.73. The van der Waals surface area contributed by atoms with Crippen LogP contribution >= 0.6 is 0 Å². The number of likely N-dealkylation sites (tertiary alicyclic amines) is 1. The number of piperidine rings is 1. The maximum absolute atomic E-state index is 11.9. The molecule has 2 N–H and O–H groups in total. The highest BCUT2D eigenvalue weighted by Crippen LogP contribution is 2.21. The molecule has 1 rings (SSSR count). The molecule has 116 valence electrons. The number of amides is 1. The van der Waals surface area contributed by atoms with E-state index in [4.69, 9.17) is 5.11 Å². The second kappa shape index (κ2) is 8.95. The van der Waals surface area contributed by atoms with E-state index in [1.54, 1.807) is 0 Å². The third-order valence-electron chi connectivity index (χ3n) is 4.19. The Bertz CT molecular complexity index is 308. The highest BCUT2D eigenvalue weighted by Gasteiger charge is 2.21.